The molecule has 2 saturated heterocycles. The van der Waals surface area contributed by atoms with Gasteiger partial charge < -0.3 is 15.0 Å². The molecule has 0 spiro atoms. The van der Waals surface area contributed by atoms with Crippen molar-refractivity contribution >= 4 is 11.8 Å². The summed E-state index contributed by atoms with van der Waals surface area (Å²) >= 11 is 0. The lowest BCUT2D eigenvalue weighted by atomic mass is 10.0. The topological polar surface area (TPSA) is 58.6 Å². The molecule has 2 aliphatic rings. The highest BCUT2D eigenvalue weighted by Crippen LogP contribution is 2.17. The number of ether oxygens (including phenoxy) is 1. The molecule has 2 unspecified atom stereocenters. The fourth-order valence-corrected chi connectivity index (χ4v) is 2.68. The van der Waals surface area contributed by atoms with Crippen LogP contribution in [0, 0.1) is 5.92 Å². The van der Waals surface area contributed by atoms with Crippen LogP contribution in [0.25, 0.3) is 0 Å². The Labute approximate surface area is 114 Å². The molecule has 2 amide bonds. The quantitative estimate of drug-likeness (QED) is 0.828. The van der Waals surface area contributed by atoms with Crippen LogP contribution in [-0.2, 0) is 14.3 Å². The maximum atomic E-state index is 12.5. The number of amides is 2. The van der Waals surface area contributed by atoms with Crippen molar-refractivity contribution in [1.29, 1.82) is 0 Å². The van der Waals surface area contributed by atoms with Gasteiger partial charge in [0, 0.05) is 26.1 Å². The Morgan fingerprint density at radius 2 is 2.16 bits per heavy atom. The zero-order valence-electron chi connectivity index (χ0n) is 11.9. The lowest BCUT2D eigenvalue weighted by Crippen LogP contribution is -2.49. The molecule has 0 aromatic carbocycles. The van der Waals surface area contributed by atoms with Crippen LogP contribution in [0.5, 0.6) is 0 Å². The molecule has 1 N–H and O–H groups in total. The van der Waals surface area contributed by atoms with Crippen LogP contribution in [0.2, 0.25) is 0 Å². The first-order valence-electron chi connectivity index (χ1n) is 7.27. The molecule has 2 atom stereocenters. The molecule has 5 heteroatoms. The van der Waals surface area contributed by atoms with Gasteiger partial charge in [-0.2, -0.15) is 0 Å². The van der Waals surface area contributed by atoms with Crippen molar-refractivity contribution < 1.29 is 14.3 Å². The van der Waals surface area contributed by atoms with Crippen LogP contribution >= 0.6 is 0 Å². The second-order valence-electron chi connectivity index (χ2n) is 5.81. The van der Waals surface area contributed by atoms with Crippen molar-refractivity contribution in [3.05, 3.63) is 0 Å². The van der Waals surface area contributed by atoms with Gasteiger partial charge in [0.1, 0.15) is 6.04 Å². The summed E-state index contributed by atoms with van der Waals surface area (Å²) in [6, 6.07) is -0.390. The maximum absolute atomic E-state index is 12.5. The number of nitrogens with one attached hydrogen (secondary N) is 1. The number of hydrogen-bond donors (Lipinski definition) is 1. The van der Waals surface area contributed by atoms with Gasteiger partial charge in [0.2, 0.25) is 11.8 Å². The van der Waals surface area contributed by atoms with E-state index in [9.17, 15) is 9.59 Å². The van der Waals surface area contributed by atoms with Crippen molar-refractivity contribution in [3.63, 3.8) is 0 Å². The van der Waals surface area contributed by atoms with Crippen molar-refractivity contribution in [1.82, 2.24) is 10.2 Å². The number of rotatable bonds is 3. The Morgan fingerprint density at radius 3 is 2.79 bits per heavy atom. The first-order valence-corrected chi connectivity index (χ1v) is 7.27. The molecule has 2 heterocycles. The van der Waals surface area contributed by atoms with E-state index >= 15 is 0 Å². The summed E-state index contributed by atoms with van der Waals surface area (Å²) in [5.41, 5.74) is 0. The fraction of sp³-hybridized carbons (Fsp3) is 0.857. The minimum absolute atomic E-state index is 0.0286. The minimum Gasteiger partial charge on any atom is -0.376 e. The summed E-state index contributed by atoms with van der Waals surface area (Å²) < 4.78 is 5.69. The van der Waals surface area contributed by atoms with E-state index in [-0.39, 0.29) is 23.8 Å². The molecule has 0 radical (unpaired) electrons. The number of carbonyl (C=O) groups is 2. The highest BCUT2D eigenvalue weighted by molar-refractivity contribution is 5.90. The zero-order valence-corrected chi connectivity index (χ0v) is 11.9. The number of nitrogens with zero attached hydrogens (tertiary/aromatic N) is 1. The fourth-order valence-electron chi connectivity index (χ4n) is 2.68. The van der Waals surface area contributed by atoms with Gasteiger partial charge >= 0.3 is 0 Å². The van der Waals surface area contributed by atoms with Gasteiger partial charge in [-0.25, -0.2) is 0 Å². The van der Waals surface area contributed by atoms with E-state index in [1.165, 1.54) is 0 Å². The van der Waals surface area contributed by atoms with Gasteiger partial charge in [-0.3, -0.25) is 9.59 Å². The molecule has 0 saturated carbocycles. The summed E-state index contributed by atoms with van der Waals surface area (Å²) in [7, 11) is 0. The predicted octanol–water partition coefficient (Wildman–Crippen LogP) is 0.929. The third kappa shape index (κ3) is 3.69. The Hall–Kier alpha value is -1.10. The molecule has 0 bridgehead atoms. The van der Waals surface area contributed by atoms with Crippen LogP contribution < -0.4 is 5.32 Å². The summed E-state index contributed by atoms with van der Waals surface area (Å²) in [4.78, 5) is 25.9. The molecule has 0 aromatic rings. The first kappa shape index (κ1) is 14.3. The molecular weight excluding hydrogens is 244 g/mol. The third-order valence-corrected chi connectivity index (χ3v) is 3.87. The van der Waals surface area contributed by atoms with E-state index in [1.807, 2.05) is 13.8 Å². The summed E-state index contributed by atoms with van der Waals surface area (Å²) in [6.45, 7) is 5.84. The Kier molecular flexibility index (Phi) is 4.80. The normalized spacial score (nSPS) is 29.3. The number of hydrogen-bond acceptors (Lipinski definition) is 3. The van der Waals surface area contributed by atoms with Crippen molar-refractivity contribution in [2.45, 2.75) is 51.7 Å². The summed E-state index contributed by atoms with van der Waals surface area (Å²) in [5, 5.41) is 2.82. The molecule has 2 aliphatic heterocycles. The van der Waals surface area contributed by atoms with Crippen LogP contribution in [0.3, 0.4) is 0 Å². The standard InChI is InChI=1S/C14H24N2O3/c1-10(2)13-14(18)16(7-6-12(17)15-13)9-11-5-3-4-8-19-11/h10-11,13H,3-9H2,1-2H3,(H,15,17). The van der Waals surface area contributed by atoms with Crippen LogP contribution in [-0.4, -0.2) is 48.6 Å². The lowest BCUT2D eigenvalue weighted by molar-refractivity contribution is -0.137. The Bertz CT molecular complexity index is 338. The average molecular weight is 268 g/mol. The second kappa shape index (κ2) is 6.37. The molecule has 19 heavy (non-hydrogen) atoms. The van der Waals surface area contributed by atoms with Crippen molar-refractivity contribution in [2.24, 2.45) is 5.92 Å². The average Bonchev–Trinajstić information content (AvgIpc) is 2.53. The smallest absolute Gasteiger partial charge is 0.245 e. The summed E-state index contributed by atoms with van der Waals surface area (Å²) in [6.07, 6.45) is 3.81. The Morgan fingerprint density at radius 1 is 1.37 bits per heavy atom. The SMILES string of the molecule is CC(C)C1NC(=O)CCN(CC2CCCCO2)C1=O. The van der Waals surface area contributed by atoms with E-state index in [4.69, 9.17) is 4.74 Å². The molecule has 108 valence electrons. The third-order valence-electron chi connectivity index (χ3n) is 3.87. The molecular formula is C14H24N2O3. The lowest BCUT2D eigenvalue weighted by Gasteiger charge is -2.31. The van der Waals surface area contributed by atoms with Crippen molar-refractivity contribution in [3.8, 4) is 0 Å². The van der Waals surface area contributed by atoms with Crippen LogP contribution in [0.15, 0.2) is 0 Å². The van der Waals surface area contributed by atoms with E-state index in [0.29, 0.717) is 19.5 Å². The minimum atomic E-state index is -0.390. The summed E-state index contributed by atoms with van der Waals surface area (Å²) in [5.74, 6) is 0.124. The van der Waals surface area contributed by atoms with Crippen LogP contribution in [0.1, 0.15) is 39.5 Å². The van der Waals surface area contributed by atoms with Gasteiger partial charge in [0.25, 0.3) is 0 Å². The van der Waals surface area contributed by atoms with Gasteiger partial charge in [0.05, 0.1) is 6.10 Å². The van der Waals surface area contributed by atoms with Gasteiger partial charge in [0.15, 0.2) is 0 Å². The van der Waals surface area contributed by atoms with E-state index in [0.717, 1.165) is 25.9 Å². The molecule has 0 aliphatic carbocycles. The van der Waals surface area contributed by atoms with Crippen LogP contribution in [0.4, 0.5) is 0 Å². The largest absolute Gasteiger partial charge is 0.376 e. The highest BCUT2D eigenvalue weighted by Gasteiger charge is 2.33. The van der Waals surface area contributed by atoms with Gasteiger partial charge in [-0.1, -0.05) is 13.8 Å². The monoisotopic (exact) mass is 268 g/mol. The van der Waals surface area contributed by atoms with E-state index in [2.05, 4.69) is 5.32 Å². The van der Waals surface area contributed by atoms with Gasteiger partial charge in [-0.05, 0) is 25.2 Å². The zero-order chi connectivity index (χ0) is 13.8. The number of carbonyl (C=O) groups excluding carboxylic acids is 2. The van der Waals surface area contributed by atoms with Gasteiger partial charge in [-0.15, -0.1) is 0 Å². The second-order valence-corrected chi connectivity index (χ2v) is 5.81. The molecule has 0 aromatic heterocycles. The van der Waals surface area contributed by atoms with E-state index in [1.54, 1.807) is 4.90 Å². The molecule has 2 rings (SSSR count). The molecule has 2 fully saturated rings. The maximum Gasteiger partial charge on any atom is 0.245 e. The van der Waals surface area contributed by atoms with E-state index < -0.39 is 6.04 Å². The first-order chi connectivity index (χ1) is 9.08. The predicted molar refractivity (Wildman–Crippen MR) is 71.6 cm³/mol. The van der Waals surface area contributed by atoms with Crippen molar-refractivity contribution in [2.75, 3.05) is 19.7 Å². The molecule has 5 nitrogen and oxygen atoms in total. The highest BCUT2D eigenvalue weighted by atomic mass is 16.5. The Balaban J connectivity index is 2.01.